The van der Waals surface area contributed by atoms with Gasteiger partial charge in [0.1, 0.15) is 4.21 Å². The minimum atomic E-state index is -4.05. The third-order valence-corrected chi connectivity index (χ3v) is 5.32. The molecule has 0 fully saturated rings. The Morgan fingerprint density at radius 3 is 2.55 bits per heavy atom. The molecule has 1 amide bonds. The molecular formula is C8H13N5O5S2. The van der Waals surface area contributed by atoms with Crippen LogP contribution in [0, 0.1) is 10.1 Å². The highest BCUT2D eigenvalue weighted by Crippen LogP contribution is 2.36. The zero-order valence-corrected chi connectivity index (χ0v) is 12.2. The Morgan fingerprint density at radius 1 is 1.55 bits per heavy atom. The Kier molecular flexibility index (Phi) is 4.99. The van der Waals surface area contributed by atoms with Gasteiger partial charge in [-0.15, -0.1) is 0 Å². The van der Waals surface area contributed by atoms with E-state index in [1.807, 2.05) is 0 Å². The van der Waals surface area contributed by atoms with Gasteiger partial charge in [0.25, 0.3) is 10.0 Å². The minimum Gasteiger partial charge on any atom is -0.358 e. The summed E-state index contributed by atoms with van der Waals surface area (Å²) in [6.07, 6.45) is 0. The lowest BCUT2D eigenvalue weighted by atomic mass is 10.3. The number of thiophene rings is 1. The van der Waals surface area contributed by atoms with Crippen LogP contribution in [-0.4, -0.2) is 32.3 Å². The number of sulfonamides is 1. The number of hydrogen-bond acceptors (Lipinski definition) is 8. The van der Waals surface area contributed by atoms with Crippen molar-refractivity contribution in [3.05, 3.63) is 16.2 Å². The molecule has 0 aliphatic carbocycles. The first kappa shape index (κ1) is 16.3. The molecular weight excluding hydrogens is 310 g/mol. The van der Waals surface area contributed by atoms with Crippen LogP contribution in [0.2, 0.25) is 0 Å². The molecule has 0 saturated carbocycles. The highest BCUT2D eigenvalue weighted by atomic mass is 32.2. The molecule has 0 radical (unpaired) electrons. The average molecular weight is 323 g/mol. The van der Waals surface area contributed by atoms with Crippen molar-refractivity contribution in [1.82, 2.24) is 10.0 Å². The molecule has 1 heterocycles. The van der Waals surface area contributed by atoms with E-state index >= 15 is 0 Å². The molecule has 12 heteroatoms. The van der Waals surface area contributed by atoms with Crippen molar-refractivity contribution in [3.63, 3.8) is 0 Å². The number of nitrogens with two attached hydrogens (primary N) is 1. The Balaban J connectivity index is 3.10. The number of hydrogen-bond donors (Lipinski definition) is 4. The lowest BCUT2D eigenvalue weighted by molar-refractivity contribution is -0.383. The van der Waals surface area contributed by atoms with Gasteiger partial charge in [-0.25, -0.2) is 14.3 Å². The predicted octanol–water partition coefficient (Wildman–Crippen LogP) is -0.645. The van der Waals surface area contributed by atoms with Crippen molar-refractivity contribution < 1.29 is 18.1 Å². The summed E-state index contributed by atoms with van der Waals surface area (Å²) in [5.41, 5.74) is 1.61. The first-order chi connectivity index (χ1) is 9.22. The second-order valence-corrected chi connectivity index (χ2v) is 6.63. The highest BCUT2D eigenvalue weighted by Gasteiger charge is 2.28. The number of nitro groups is 1. The van der Waals surface area contributed by atoms with E-state index in [-0.39, 0.29) is 9.21 Å². The van der Waals surface area contributed by atoms with E-state index in [0.717, 1.165) is 6.07 Å². The summed E-state index contributed by atoms with van der Waals surface area (Å²) in [6, 6.07) is -0.140. The topological polar surface area (TPSA) is 156 Å². The number of carbonyl (C=O) groups excluding carboxylic acids is 1. The standard InChI is InChI=1S/C8H13N5O5S2/c1-4(7(14)10-2)12-20(17,18)6-3-5(13(15)16)8(11-9)19-6/h3-4,11-12H,9H2,1-2H3,(H,10,14). The first-order valence-electron chi connectivity index (χ1n) is 5.21. The van der Waals surface area contributed by atoms with E-state index in [4.69, 9.17) is 5.84 Å². The van der Waals surface area contributed by atoms with Gasteiger partial charge in [0.15, 0.2) is 5.00 Å². The second-order valence-electron chi connectivity index (χ2n) is 3.64. The van der Waals surface area contributed by atoms with Crippen LogP contribution in [0.5, 0.6) is 0 Å². The molecule has 0 aliphatic heterocycles. The molecule has 1 unspecified atom stereocenters. The minimum absolute atomic E-state index is 0.0945. The van der Waals surface area contributed by atoms with Crippen LogP contribution in [0.4, 0.5) is 10.7 Å². The monoisotopic (exact) mass is 323 g/mol. The van der Waals surface area contributed by atoms with Crippen LogP contribution in [0.3, 0.4) is 0 Å². The first-order valence-corrected chi connectivity index (χ1v) is 7.51. The molecule has 0 bridgehead atoms. The SMILES string of the molecule is CNC(=O)C(C)NS(=O)(=O)c1cc([N+](=O)[O-])c(NN)s1. The molecule has 0 aromatic carbocycles. The van der Waals surface area contributed by atoms with Gasteiger partial charge in [-0.1, -0.05) is 11.3 Å². The van der Waals surface area contributed by atoms with Crippen molar-refractivity contribution in [2.45, 2.75) is 17.2 Å². The molecule has 10 nitrogen and oxygen atoms in total. The summed E-state index contributed by atoms with van der Waals surface area (Å²) >= 11 is 0.596. The third-order valence-electron chi connectivity index (χ3n) is 2.25. The fourth-order valence-electron chi connectivity index (χ4n) is 1.29. The number of anilines is 1. The van der Waals surface area contributed by atoms with Gasteiger partial charge in [0.2, 0.25) is 5.91 Å². The maximum absolute atomic E-state index is 12.0. The van der Waals surface area contributed by atoms with Crippen molar-refractivity contribution in [3.8, 4) is 0 Å². The molecule has 0 spiro atoms. The van der Waals surface area contributed by atoms with Crippen LogP contribution < -0.4 is 21.3 Å². The van der Waals surface area contributed by atoms with E-state index in [2.05, 4.69) is 15.5 Å². The molecule has 0 saturated heterocycles. The number of rotatable bonds is 6. The fraction of sp³-hybridized carbons (Fsp3) is 0.375. The number of nitrogens with zero attached hydrogens (tertiary/aromatic N) is 1. The smallest absolute Gasteiger partial charge is 0.306 e. The zero-order chi connectivity index (χ0) is 15.5. The molecule has 112 valence electrons. The Hall–Kier alpha value is -1.76. The summed E-state index contributed by atoms with van der Waals surface area (Å²) in [5, 5.41) is 12.9. The molecule has 1 rings (SSSR count). The normalized spacial score (nSPS) is 12.8. The van der Waals surface area contributed by atoms with Gasteiger partial charge in [0, 0.05) is 13.1 Å². The number of carbonyl (C=O) groups is 1. The van der Waals surface area contributed by atoms with Gasteiger partial charge in [-0.05, 0) is 6.92 Å². The van der Waals surface area contributed by atoms with Crippen molar-refractivity contribution in [2.24, 2.45) is 5.84 Å². The summed E-state index contributed by atoms with van der Waals surface area (Å²) < 4.78 is 25.8. The van der Waals surface area contributed by atoms with E-state index in [0.29, 0.717) is 11.3 Å². The third kappa shape index (κ3) is 3.41. The van der Waals surface area contributed by atoms with E-state index in [9.17, 15) is 23.3 Å². The van der Waals surface area contributed by atoms with Gasteiger partial charge < -0.3 is 10.7 Å². The average Bonchev–Trinajstić information content (AvgIpc) is 2.82. The highest BCUT2D eigenvalue weighted by molar-refractivity contribution is 7.91. The van der Waals surface area contributed by atoms with Gasteiger partial charge in [-0.3, -0.25) is 14.9 Å². The van der Waals surface area contributed by atoms with Crippen molar-refractivity contribution in [2.75, 3.05) is 12.5 Å². The van der Waals surface area contributed by atoms with Crippen molar-refractivity contribution >= 4 is 38.0 Å². The van der Waals surface area contributed by atoms with Crippen LogP contribution in [0.15, 0.2) is 10.3 Å². The Bertz CT molecular complexity index is 625. The summed E-state index contributed by atoms with van der Waals surface area (Å²) in [4.78, 5) is 21.3. The van der Waals surface area contributed by atoms with Crippen LogP contribution in [-0.2, 0) is 14.8 Å². The second kappa shape index (κ2) is 6.13. The van der Waals surface area contributed by atoms with E-state index < -0.39 is 32.6 Å². The van der Waals surface area contributed by atoms with Crippen LogP contribution in [0.25, 0.3) is 0 Å². The maximum atomic E-state index is 12.0. The van der Waals surface area contributed by atoms with E-state index in [1.54, 1.807) is 0 Å². The molecule has 1 aromatic heterocycles. The molecule has 1 atom stereocenters. The fourth-order valence-corrected chi connectivity index (χ4v) is 3.75. The molecule has 5 N–H and O–H groups in total. The maximum Gasteiger partial charge on any atom is 0.306 e. The quantitative estimate of drug-likeness (QED) is 0.308. The van der Waals surface area contributed by atoms with Gasteiger partial charge in [0.05, 0.1) is 11.0 Å². The van der Waals surface area contributed by atoms with Gasteiger partial charge in [-0.2, -0.15) is 4.72 Å². The lowest BCUT2D eigenvalue weighted by Crippen LogP contribution is -2.43. The molecule has 0 aliphatic rings. The zero-order valence-electron chi connectivity index (χ0n) is 10.5. The lowest BCUT2D eigenvalue weighted by Gasteiger charge is -2.11. The Morgan fingerprint density at radius 2 is 2.15 bits per heavy atom. The largest absolute Gasteiger partial charge is 0.358 e. The predicted molar refractivity (Wildman–Crippen MR) is 72.6 cm³/mol. The molecule has 20 heavy (non-hydrogen) atoms. The summed E-state index contributed by atoms with van der Waals surface area (Å²) in [5.74, 6) is 4.56. The summed E-state index contributed by atoms with van der Waals surface area (Å²) in [6.45, 7) is 1.35. The Labute approximate surface area is 118 Å². The summed E-state index contributed by atoms with van der Waals surface area (Å²) in [7, 11) is -2.69. The van der Waals surface area contributed by atoms with Gasteiger partial charge >= 0.3 is 5.69 Å². The van der Waals surface area contributed by atoms with Crippen LogP contribution in [0.1, 0.15) is 6.92 Å². The van der Waals surface area contributed by atoms with Crippen LogP contribution >= 0.6 is 11.3 Å². The number of hydrazine groups is 1. The number of likely N-dealkylation sites (N-methyl/N-ethyl adjacent to an activating group) is 1. The van der Waals surface area contributed by atoms with Crippen molar-refractivity contribution in [1.29, 1.82) is 0 Å². The number of nitrogen functional groups attached to an aromatic ring is 1. The number of nitrogens with one attached hydrogen (secondary N) is 3. The molecule has 1 aromatic rings. The number of amides is 1. The van der Waals surface area contributed by atoms with E-state index in [1.165, 1.54) is 14.0 Å².